The number of nitrogens with zero attached hydrogens (tertiary/aromatic N) is 1. The third-order valence-electron chi connectivity index (χ3n) is 1.18. The van der Waals surface area contributed by atoms with E-state index in [9.17, 15) is 18.0 Å². The van der Waals surface area contributed by atoms with Crippen LogP contribution < -0.4 is 5.32 Å². The van der Waals surface area contributed by atoms with Gasteiger partial charge in [-0.1, -0.05) is 11.3 Å². The first-order valence-electron chi connectivity index (χ1n) is 3.38. The monoisotopic (exact) mass is 226 g/mol. The lowest BCUT2D eigenvalue weighted by molar-refractivity contribution is -0.135. The molecule has 2 N–H and O–H groups in total. The standard InChI is InChI=1S/C6H5F3N2O2S/c7-6(8,9)3-1-10-5(14-3)11-2-4(12)13/h1H,2H2,(H,10,11)(H,12,13). The molecule has 0 aromatic carbocycles. The molecule has 1 heterocycles. The van der Waals surface area contributed by atoms with Crippen LogP contribution in [0.1, 0.15) is 4.88 Å². The average molecular weight is 226 g/mol. The van der Waals surface area contributed by atoms with E-state index in [4.69, 9.17) is 5.11 Å². The lowest BCUT2D eigenvalue weighted by Crippen LogP contribution is -2.11. The van der Waals surface area contributed by atoms with Crippen LogP contribution in [0, 0.1) is 0 Å². The fraction of sp³-hybridized carbons (Fsp3) is 0.333. The highest BCUT2D eigenvalue weighted by Crippen LogP contribution is 2.34. The number of rotatable bonds is 3. The topological polar surface area (TPSA) is 62.2 Å². The van der Waals surface area contributed by atoms with Crippen LogP contribution in [0.4, 0.5) is 18.3 Å². The second-order valence-electron chi connectivity index (χ2n) is 2.27. The molecule has 8 heteroatoms. The molecule has 0 fully saturated rings. The minimum Gasteiger partial charge on any atom is -0.480 e. The molecule has 78 valence electrons. The normalized spacial score (nSPS) is 11.4. The number of anilines is 1. The Bertz CT molecular complexity index is 336. The van der Waals surface area contributed by atoms with Crippen LogP contribution in [-0.4, -0.2) is 22.6 Å². The average Bonchev–Trinajstić information content (AvgIpc) is 2.47. The number of carboxylic acid groups (broad SMARTS) is 1. The molecule has 14 heavy (non-hydrogen) atoms. The van der Waals surface area contributed by atoms with Crippen LogP contribution in [-0.2, 0) is 11.0 Å². The Kier molecular flexibility index (Phi) is 2.94. The molecule has 0 amide bonds. The van der Waals surface area contributed by atoms with Crippen LogP contribution in [0.5, 0.6) is 0 Å². The molecule has 0 saturated carbocycles. The van der Waals surface area contributed by atoms with Crippen LogP contribution >= 0.6 is 11.3 Å². The van der Waals surface area contributed by atoms with Gasteiger partial charge in [0.2, 0.25) is 0 Å². The van der Waals surface area contributed by atoms with Gasteiger partial charge in [-0.05, 0) is 0 Å². The largest absolute Gasteiger partial charge is 0.480 e. The smallest absolute Gasteiger partial charge is 0.427 e. The molecular formula is C6H5F3N2O2S. The van der Waals surface area contributed by atoms with Gasteiger partial charge in [-0.3, -0.25) is 4.79 Å². The molecule has 0 unspecified atom stereocenters. The fourth-order valence-corrected chi connectivity index (χ4v) is 1.32. The van der Waals surface area contributed by atoms with Crippen LogP contribution in [0.3, 0.4) is 0 Å². The maximum atomic E-state index is 12.0. The summed E-state index contributed by atoms with van der Waals surface area (Å²) in [7, 11) is 0. The maximum Gasteiger partial charge on any atom is 0.427 e. The van der Waals surface area contributed by atoms with Crippen molar-refractivity contribution >= 4 is 22.4 Å². The third-order valence-corrected chi connectivity index (χ3v) is 2.18. The molecule has 0 bridgehead atoms. The number of carbonyl (C=O) groups is 1. The summed E-state index contributed by atoms with van der Waals surface area (Å²) in [5, 5.41) is 10.4. The number of hydrogen-bond donors (Lipinski definition) is 2. The highest BCUT2D eigenvalue weighted by atomic mass is 32.1. The second kappa shape index (κ2) is 3.82. The van der Waals surface area contributed by atoms with Gasteiger partial charge in [0, 0.05) is 0 Å². The molecule has 0 saturated heterocycles. The van der Waals surface area contributed by atoms with Crippen LogP contribution in [0.2, 0.25) is 0 Å². The number of aliphatic carboxylic acids is 1. The fourth-order valence-electron chi connectivity index (χ4n) is 0.638. The van der Waals surface area contributed by atoms with Crippen molar-refractivity contribution < 1.29 is 23.1 Å². The zero-order valence-corrected chi connectivity index (χ0v) is 7.45. The molecular weight excluding hydrogens is 221 g/mol. The van der Waals surface area contributed by atoms with Crippen molar-refractivity contribution in [3.63, 3.8) is 0 Å². The van der Waals surface area contributed by atoms with Gasteiger partial charge in [-0.25, -0.2) is 4.98 Å². The van der Waals surface area contributed by atoms with Gasteiger partial charge < -0.3 is 10.4 Å². The van der Waals surface area contributed by atoms with E-state index in [2.05, 4.69) is 10.3 Å². The van der Waals surface area contributed by atoms with E-state index in [1.54, 1.807) is 0 Å². The van der Waals surface area contributed by atoms with E-state index in [0.29, 0.717) is 17.5 Å². The molecule has 0 aliphatic rings. The van der Waals surface area contributed by atoms with E-state index < -0.39 is 23.6 Å². The van der Waals surface area contributed by atoms with Crippen molar-refractivity contribution in [3.8, 4) is 0 Å². The van der Waals surface area contributed by atoms with Gasteiger partial charge in [-0.15, -0.1) is 0 Å². The lowest BCUT2D eigenvalue weighted by atomic mass is 10.5. The Morgan fingerprint density at radius 1 is 1.64 bits per heavy atom. The minimum atomic E-state index is -4.43. The highest BCUT2D eigenvalue weighted by molar-refractivity contribution is 7.15. The number of alkyl halides is 3. The van der Waals surface area contributed by atoms with E-state index in [1.165, 1.54) is 0 Å². The lowest BCUT2D eigenvalue weighted by Gasteiger charge is -1.99. The Balaban J connectivity index is 2.64. The molecule has 0 aliphatic carbocycles. The summed E-state index contributed by atoms with van der Waals surface area (Å²) in [6, 6.07) is 0. The first kappa shape index (κ1) is 10.8. The summed E-state index contributed by atoms with van der Waals surface area (Å²) >= 11 is 0.371. The number of thiazole rings is 1. The Morgan fingerprint density at radius 3 is 2.71 bits per heavy atom. The van der Waals surface area contributed by atoms with E-state index >= 15 is 0 Å². The number of aromatic nitrogens is 1. The Morgan fingerprint density at radius 2 is 2.29 bits per heavy atom. The predicted molar refractivity (Wildman–Crippen MR) is 43.2 cm³/mol. The minimum absolute atomic E-state index is 0.0558. The third kappa shape index (κ3) is 2.87. The van der Waals surface area contributed by atoms with Gasteiger partial charge in [0.15, 0.2) is 5.13 Å². The summed E-state index contributed by atoms with van der Waals surface area (Å²) in [5.74, 6) is -1.16. The van der Waals surface area contributed by atoms with Gasteiger partial charge in [-0.2, -0.15) is 13.2 Å². The van der Waals surface area contributed by atoms with E-state index in [-0.39, 0.29) is 5.13 Å². The van der Waals surface area contributed by atoms with Crippen molar-refractivity contribution in [2.45, 2.75) is 6.18 Å². The van der Waals surface area contributed by atoms with E-state index in [1.807, 2.05) is 0 Å². The van der Waals surface area contributed by atoms with Crippen molar-refractivity contribution in [2.75, 3.05) is 11.9 Å². The molecule has 0 spiro atoms. The van der Waals surface area contributed by atoms with Gasteiger partial charge in [0.25, 0.3) is 0 Å². The van der Waals surface area contributed by atoms with Gasteiger partial charge in [0.05, 0.1) is 6.20 Å². The number of halogens is 3. The SMILES string of the molecule is O=C(O)CNc1ncc(C(F)(F)F)s1. The zero-order chi connectivity index (χ0) is 10.8. The van der Waals surface area contributed by atoms with Crippen molar-refractivity contribution in [1.82, 2.24) is 4.98 Å². The van der Waals surface area contributed by atoms with Gasteiger partial charge in [0.1, 0.15) is 11.4 Å². The first-order valence-corrected chi connectivity index (χ1v) is 4.20. The molecule has 1 aromatic rings. The Labute approximate surface area is 80.4 Å². The van der Waals surface area contributed by atoms with Crippen molar-refractivity contribution in [2.24, 2.45) is 0 Å². The highest BCUT2D eigenvalue weighted by Gasteiger charge is 2.33. The van der Waals surface area contributed by atoms with E-state index in [0.717, 1.165) is 0 Å². The molecule has 4 nitrogen and oxygen atoms in total. The molecule has 0 aliphatic heterocycles. The molecule has 0 atom stereocenters. The van der Waals surface area contributed by atoms with Gasteiger partial charge >= 0.3 is 12.1 Å². The summed E-state index contributed by atoms with van der Waals surface area (Å²) in [6.07, 6.45) is -3.77. The van der Waals surface area contributed by atoms with Crippen molar-refractivity contribution in [1.29, 1.82) is 0 Å². The first-order chi connectivity index (χ1) is 6.39. The molecule has 0 radical (unpaired) electrons. The number of hydrogen-bond acceptors (Lipinski definition) is 4. The summed E-state index contributed by atoms with van der Waals surface area (Å²) in [5.41, 5.74) is 0. The van der Waals surface area contributed by atoms with Crippen LogP contribution in [0.25, 0.3) is 0 Å². The number of nitrogens with one attached hydrogen (secondary N) is 1. The zero-order valence-electron chi connectivity index (χ0n) is 6.63. The summed E-state index contributed by atoms with van der Waals surface area (Å²) < 4.78 is 36.1. The second-order valence-corrected chi connectivity index (χ2v) is 3.31. The summed E-state index contributed by atoms with van der Waals surface area (Å²) in [4.78, 5) is 12.6. The number of carboxylic acids is 1. The van der Waals surface area contributed by atoms with Crippen molar-refractivity contribution in [3.05, 3.63) is 11.1 Å². The molecule has 1 rings (SSSR count). The van der Waals surface area contributed by atoms with Crippen LogP contribution in [0.15, 0.2) is 6.20 Å². The quantitative estimate of drug-likeness (QED) is 0.822. The molecule has 1 aromatic heterocycles. The summed E-state index contributed by atoms with van der Waals surface area (Å²) in [6.45, 7) is -0.454. The maximum absolute atomic E-state index is 12.0. The predicted octanol–water partition coefficient (Wildman–Crippen LogP) is 1.66. The Hall–Kier alpha value is -1.31.